The molecule has 0 saturated carbocycles. The van der Waals surface area contributed by atoms with Crippen LogP contribution in [0, 0.1) is 12.8 Å². The molecule has 1 aliphatic heterocycles. The molecule has 0 spiro atoms. The van der Waals surface area contributed by atoms with Gasteiger partial charge in [0.15, 0.2) is 0 Å². The summed E-state index contributed by atoms with van der Waals surface area (Å²) in [7, 11) is 0. The topological polar surface area (TPSA) is 46.3 Å². The van der Waals surface area contributed by atoms with Crippen LogP contribution in [0.2, 0.25) is 0 Å². The number of nitrogen functional groups attached to an aromatic ring is 1. The van der Waals surface area contributed by atoms with Gasteiger partial charge >= 0.3 is 0 Å². The second kappa shape index (κ2) is 5.01. The van der Waals surface area contributed by atoms with Crippen molar-refractivity contribution in [1.29, 1.82) is 0 Å². The Kier molecular flexibility index (Phi) is 3.60. The zero-order valence-corrected chi connectivity index (χ0v) is 11.4. The number of hydrogen-bond acceptors (Lipinski definition) is 2. The molecular formula is C15H22N2O. The zero-order chi connectivity index (χ0) is 13.3. The van der Waals surface area contributed by atoms with E-state index in [9.17, 15) is 4.79 Å². The SMILES string of the molecule is Cc1ccc(N)c(C(=O)N2CCCC(C)C2C)c1. The van der Waals surface area contributed by atoms with E-state index in [1.54, 1.807) is 0 Å². The van der Waals surface area contributed by atoms with Gasteiger partial charge in [-0.3, -0.25) is 4.79 Å². The fourth-order valence-electron chi connectivity index (χ4n) is 2.63. The van der Waals surface area contributed by atoms with Crippen molar-refractivity contribution in [3.05, 3.63) is 29.3 Å². The van der Waals surface area contributed by atoms with Gasteiger partial charge in [-0.15, -0.1) is 0 Å². The molecule has 2 N–H and O–H groups in total. The number of amides is 1. The van der Waals surface area contributed by atoms with Gasteiger partial charge in [0.25, 0.3) is 5.91 Å². The number of hydrogen-bond donors (Lipinski definition) is 1. The lowest BCUT2D eigenvalue weighted by molar-refractivity contribution is 0.0552. The van der Waals surface area contributed by atoms with E-state index < -0.39 is 0 Å². The van der Waals surface area contributed by atoms with Crippen LogP contribution in [0.25, 0.3) is 0 Å². The summed E-state index contributed by atoms with van der Waals surface area (Å²) in [4.78, 5) is 14.5. The average Bonchev–Trinajstić information content (AvgIpc) is 2.35. The van der Waals surface area contributed by atoms with E-state index in [1.807, 2.05) is 30.0 Å². The normalized spacial score (nSPS) is 24.1. The van der Waals surface area contributed by atoms with Gasteiger partial charge in [-0.25, -0.2) is 0 Å². The van der Waals surface area contributed by atoms with Gasteiger partial charge in [0, 0.05) is 18.3 Å². The second-order valence-corrected chi connectivity index (χ2v) is 5.45. The Morgan fingerprint density at radius 2 is 2.11 bits per heavy atom. The van der Waals surface area contributed by atoms with E-state index in [2.05, 4.69) is 13.8 Å². The van der Waals surface area contributed by atoms with Crippen LogP contribution in [0.4, 0.5) is 5.69 Å². The molecule has 2 atom stereocenters. The predicted molar refractivity (Wildman–Crippen MR) is 74.5 cm³/mol. The Balaban J connectivity index is 2.27. The van der Waals surface area contributed by atoms with E-state index >= 15 is 0 Å². The highest BCUT2D eigenvalue weighted by atomic mass is 16.2. The van der Waals surface area contributed by atoms with Gasteiger partial charge < -0.3 is 10.6 Å². The van der Waals surface area contributed by atoms with Gasteiger partial charge in [-0.2, -0.15) is 0 Å². The van der Waals surface area contributed by atoms with Crippen molar-refractivity contribution in [1.82, 2.24) is 4.90 Å². The molecule has 18 heavy (non-hydrogen) atoms. The van der Waals surface area contributed by atoms with Crippen molar-refractivity contribution in [3.63, 3.8) is 0 Å². The molecule has 0 radical (unpaired) electrons. The summed E-state index contributed by atoms with van der Waals surface area (Å²) < 4.78 is 0. The summed E-state index contributed by atoms with van der Waals surface area (Å²) in [6.07, 6.45) is 2.29. The summed E-state index contributed by atoms with van der Waals surface area (Å²) in [6, 6.07) is 5.95. The Morgan fingerprint density at radius 1 is 1.39 bits per heavy atom. The number of piperidine rings is 1. The maximum absolute atomic E-state index is 12.6. The van der Waals surface area contributed by atoms with Crippen LogP contribution in [-0.4, -0.2) is 23.4 Å². The molecular weight excluding hydrogens is 224 g/mol. The van der Waals surface area contributed by atoms with Crippen molar-refractivity contribution in [2.75, 3.05) is 12.3 Å². The smallest absolute Gasteiger partial charge is 0.256 e. The van der Waals surface area contributed by atoms with Crippen LogP contribution >= 0.6 is 0 Å². The van der Waals surface area contributed by atoms with Gasteiger partial charge in [-0.05, 0) is 44.7 Å². The van der Waals surface area contributed by atoms with Crippen LogP contribution in [0.1, 0.15) is 42.6 Å². The first-order valence-corrected chi connectivity index (χ1v) is 6.68. The molecule has 0 aliphatic carbocycles. The number of nitrogens with two attached hydrogens (primary N) is 1. The van der Waals surface area contributed by atoms with Crippen LogP contribution < -0.4 is 5.73 Å². The molecule has 3 heteroatoms. The fourth-order valence-corrected chi connectivity index (χ4v) is 2.63. The number of carbonyl (C=O) groups is 1. The monoisotopic (exact) mass is 246 g/mol. The largest absolute Gasteiger partial charge is 0.398 e. The standard InChI is InChI=1S/C15H22N2O/c1-10-6-7-14(16)13(9-10)15(18)17-8-4-5-11(2)12(17)3/h6-7,9,11-12H,4-5,8,16H2,1-3H3. The van der Waals surface area contributed by atoms with Crippen molar-refractivity contribution in [2.24, 2.45) is 5.92 Å². The summed E-state index contributed by atoms with van der Waals surface area (Å²) in [6.45, 7) is 7.17. The minimum absolute atomic E-state index is 0.0789. The highest BCUT2D eigenvalue weighted by Crippen LogP contribution is 2.26. The number of nitrogens with zero attached hydrogens (tertiary/aromatic N) is 1. The molecule has 2 unspecified atom stereocenters. The summed E-state index contributed by atoms with van der Waals surface area (Å²) in [5, 5.41) is 0. The number of likely N-dealkylation sites (tertiary alicyclic amines) is 1. The molecule has 1 aromatic carbocycles. The molecule has 1 saturated heterocycles. The van der Waals surface area contributed by atoms with Gasteiger partial charge in [0.05, 0.1) is 5.56 Å². The third-order valence-corrected chi connectivity index (χ3v) is 4.07. The molecule has 1 heterocycles. The fraction of sp³-hybridized carbons (Fsp3) is 0.533. The predicted octanol–water partition coefficient (Wildman–Crippen LogP) is 2.84. The lowest BCUT2D eigenvalue weighted by Gasteiger charge is -2.38. The number of aryl methyl sites for hydroxylation is 1. The minimum Gasteiger partial charge on any atom is -0.398 e. The highest BCUT2D eigenvalue weighted by molar-refractivity contribution is 5.99. The number of anilines is 1. The Bertz CT molecular complexity index is 456. The first-order valence-electron chi connectivity index (χ1n) is 6.68. The molecule has 2 rings (SSSR count). The molecule has 1 fully saturated rings. The number of carbonyl (C=O) groups excluding carboxylic acids is 1. The van der Waals surface area contributed by atoms with Crippen LogP contribution in [0.5, 0.6) is 0 Å². The van der Waals surface area contributed by atoms with Crippen molar-refractivity contribution in [2.45, 2.75) is 39.7 Å². The van der Waals surface area contributed by atoms with E-state index in [4.69, 9.17) is 5.73 Å². The summed E-state index contributed by atoms with van der Waals surface area (Å²) in [5.74, 6) is 0.643. The summed E-state index contributed by atoms with van der Waals surface area (Å²) in [5.41, 5.74) is 8.23. The number of benzene rings is 1. The van der Waals surface area contributed by atoms with E-state index in [1.165, 1.54) is 6.42 Å². The van der Waals surface area contributed by atoms with Crippen molar-refractivity contribution >= 4 is 11.6 Å². The molecule has 98 valence electrons. The average molecular weight is 246 g/mol. The van der Waals surface area contributed by atoms with Crippen molar-refractivity contribution < 1.29 is 4.79 Å². The van der Waals surface area contributed by atoms with Crippen LogP contribution in [0.15, 0.2) is 18.2 Å². The quantitative estimate of drug-likeness (QED) is 0.774. The Labute approximate surface area is 109 Å². The van der Waals surface area contributed by atoms with Gasteiger partial charge in [-0.1, -0.05) is 18.6 Å². The maximum Gasteiger partial charge on any atom is 0.256 e. The van der Waals surface area contributed by atoms with Crippen LogP contribution in [0.3, 0.4) is 0 Å². The minimum atomic E-state index is 0.0789. The summed E-state index contributed by atoms with van der Waals surface area (Å²) >= 11 is 0. The molecule has 1 aliphatic rings. The molecule has 0 aromatic heterocycles. The van der Waals surface area contributed by atoms with Crippen molar-refractivity contribution in [3.8, 4) is 0 Å². The van der Waals surface area contributed by atoms with E-state index in [0.29, 0.717) is 23.2 Å². The Morgan fingerprint density at radius 3 is 2.83 bits per heavy atom. The first kappa shape index (κ1) is 12.9. The van der Waals surface area contributed by atoms with Gasteiger partial charge in [0.1, 0.15) is 0 Å². The highest BCUT2D eigenvalue weighted by Gasteiger charge is 2.29. The van der Waals surface area contributed by atoms with Crippen LogP contribution in [-0.2, 0) is 0 Å². The van der Waals surface area contributed by atoms with Gasteiger partial charge in [0.2, 0.25) is 0 Å². The zero-order valence-electron chi connectivity index (χ0n) is 11.4. The third kappa shape index (κ3) is 2.35. The maximum atomic E-state index is 12.6. The first-order chi connectivity index (χ1) is 8.50. The molecule has 0 bridgehead atoms. The van der Waals surface area contributed by atoms with E-state index in [0.717, 1.165) is 18.5 Å². The lowest BCUT2D eigenvalue weighted by Crippen LogP contribution is -2.46. The molecule has 3 nitrogen and oxygen atoms in total. The molecule has 1 aromatic rings. The second-order valence-electron chi connectivity index (χ2n) is 5.45. The number of rotatable bonds is 1. The Hall–Kier alpha value is -1.51. The lowest BCUT2D eigenvalue weighted by atomic mass is 9.91. The molecule has 1 amide bonds. The third-order valence-electron chi connectivity index (χ3n) is 4.07. The van der Waals surface area contributed by atoms with E-state index in [-0.39, 0.29) is 5.91 Å².